The lowest BCUT2D eigenvalue weighted by molar-refractivity contribution is -0.0527. The molecule has 1 spiro atoms. The Morgan fingerprint density at radius 2 is 1.29 bits per heavy atom. The number of oxazole rings is 2. The summed E-state index contributed by atoms with van der Waals surface area (Å²) < 4.78 is 101. The first-order chi connectivity index (χ1) is 23.4. The van der Waals surface area contributed by atoms with Crippen LogP contribution in [0.3, 0.4) is 0 Å². The Kier molecular flexibility index (Phi) is 7.18. The average molecular weight is 680 g/mol. The van der Waals surface area contributed by atoms with Gasteiger partial charge in [-0.2, -0.15) is 17.6 Å². The number of hydrogen-bond acceptors (Lipinski definition) is 7. The van der Waals surface area contributed by atoms with Gasteiger partial charge in [0.2, 0.25) is 11.8 Å². The number of alkyl halides is 6. The molecule has 4 aromatic carbocycles. The number of likely N-dealkylation sites (tertiary alicyclic amines) is 1. The van der Waals surface area contributed by atoms with Crippen LogP contribution < -0.4 is 9.47 Å². The molecule has 13 heteroatoms. The van der Waals surface area contributed by atoms with Crippen LogP contribution in [0.2, 0.25) is 0 Å². The van der Waals surface area contributed by atoms with E-state index in [2.05, 4.69) is 14.7 Å². The summed E-state index contributed by atoms with van der Waals surface area (Å²) in [5.74, 6) is -2.22. The highest BCUT2D eigenvalue weighted by atomic mass is 19.3. The third-order valence-corrected chi connectivity index (χ3v) is 9.45. The summed E-state index contributed by atoms with van der Waals surface area (Å²) in [6, 6.07) is 18.6. The first-order valence-electron chi connectivity index (χ1n) is 15.4. The van der Waals surface area contributed by atoms with Crippen LogP contribution in [0.5, 0.6) is 11.5 Å². The third kappa shape index (κ3) is 5.45. The summed E-state index contributed by atoms with van der Waals surface area (Å²) in [7, 11) is 0. The van der Waals surface area contributed by atoms with Gasteiger partial charge in [0.25, 0.3) is 5.92 Å². The predicted octanol–water partition coefficient (Wildman–Crippen LogP) is 9.63. The Morgan fingerprint density at radius 1 is 0.735 bits per heavy atom. The summed E-state index contributed by atoms with van der Waals surface area (Å²) in [6.45, 7) is -1.68. The van der Waals surface area contributed by atoms with E-state index in [4.69, 9.17) is 13.6 Å². The van der Waals surface area contributed by atoms with Gasteiger partial charge in [-0.25, -0.2) is 18.7 Å². The normalized spacial score (nSPS) is 16.6. The van der Waals surface area contributed by atoms with Crippen LogP contribution in [0, 0.1) is 19.3 Å². The fraction of sp³-hybridized carbons (Fsp3) is 0.278. The standard InChI is InChI=1S/C36H27F6N3O4/c1-18-22(5-3-7-24(18)31-43-26-10-9-21(46-33(37)38)12-29(26)47-31)23-6-4-8-25(19(23)2)32-44-27-11-20(28(49-34(39)40)13-30(27)48-32)14-45-16-35(17-45)15-36(35,41)42/h3-13,33-34H,14-17H2,1-2H3. The number of nitrogens with zero attached hydrogens (tertiary/aromatic N) is 3. The van der Waals surface area contributed by atoms with E-state index in [0.29, 0.717) is 39.2 Å². The van der Waals surface area contributed by atoms with Gasteiger partial charge < -0.3 is 18.3 Å². The molecule has 2 fully saturated rings. The van der Waals surface area contributed by atoms with E-state index in [1.165, 1.54) is 18.2 Å². The SMILES string of the molecule is Cc1c(-c2nc3ccc(OC(F)F)cc3o2)cccc1-c1cccc(-c2nc3cc(CN4CC5(C4)CC5(F)F)c(OC(F)F)cc3o2)c1C. The van der Waals surface area contributed by atoms with Gasteiger partial charge in [-0.15, -0.1) is 0 Å². The highest BCUT2D eigenvalue weighted by molar-refractivity contribution is 5.85. The lowest BCUT2D eigenvalue weighted by Crippen LogP contribution is -2.50. The number of benzene rings is 4. The van der Waals surface area contributed by atoms with Crippen LogP contribution >= 0.6 is 0 Å². The number of halogens is 6. The number of fused-ring (bicyclic) bond motifs is 2. The molecule has 2 aromatic heterocycles. The second-order valence-electron chi connectivity index (χ2n) is 12.6. The quantitative estimate of drug-likeness (QED) is 0.141. The van der Waals surface area contributed by atoms with E-state index in [1.54, 1.807) is 17.0 Å². The molecule has 0 bridgehead atoms. The Hall–Kier alpha value is -5.04. The van der Waals surface area contributed by atoms with Crippen molar-refractivity contribution in [2.45, 2.75) is 46.0 Å². The van der Waals surface area contributed by atoms with Gasteiger partial charge in [0.15, 0.2) is 11.2 Å². The van der Waals surface area contributed by atoms with Crippen molar-refractivity contribution in [3.05, 3.63) is 83.4 Å². The van der Waals surface area contributed by atoms with Crippen LogP contribution in [-0.2, 0) is 6.54 Å². The molecule has 6 aromatic rings. The molecule has 0 unspecified atom stereocenters. The number of hydrogen-bond donors (Lipinski definition) is 0. The van der Waals surface area contributed by atoms with Crippen molar-refractivity contribution < 1.29 is 44.7 Å². The van der Waals surface area contributed by atoms with E-state index in [9.17, 15) is 26.3 Å². The summed E-state index contributed by atoms with van der Waals surface area (Å²) in [6.07, 6.45) is -0.149. The molecule has 1 saturated carbocycles. The second kappa shape index (κ2) is 11.3. The van der Waals surface area contributed by atoms with Crippen molar-refractivity contribution in [1.29, 1.82) is 0 Å². The summed E-state index contributed by atoms with van der Waals surface area (Å²) >= 11 is 0. The monoisotopic (exact) mass is 679 g/mol. The van der Waals surface area contributed by atoms with Crippen LogP contribution in [0.1, 0.15) is 23.1 Å². The van der Waals surface area contributed by atoms with Crippen molar-refractivity contribution >= 4 is 22.2 Å². The van der Waals surface area contributed by atoms with E-state index in [0.717, 1.165) is 22.3 Å². The molecular formula is C36H27F6N3O4. The van der Waals surface area contributed by atoms with Gasteiger partial charge >= 0.3 is 13.2 Å². The van der Waals surface area contributed by atoms with Crippen molar-refractivity contribution in [3.63, 3.8) is 0 Å². The minimum Gasteiger partial charge on any atom is -0.436 e. The molecule has 1 aliphatic carbocycles. The van der Waals surface area contributed by atoms with E-state index in [1.807, 2.05) is 50.2 Å². The van der Waals surface area contributed by atoms with E-state index < -0.39 is 24.6 Å². The first-order valence-corrected chi connectivity index (χ1v) is 15.4. The lowest BCUT2D eigenvalue weighted by Gasteiger charge is -2.40. The summed E-state index contributed by atoms with van der Waals surface area (Å²) in [4.78, 5) is 11.0. The third-order valence-electron chi connectivity index (χ3n) is 9.45. The summed E-state index contributed by atoms with van der Waals surface area (Å²) in [5, 5.41) is 0. The first kappa shape index (κ1) is 31.2. The number of rotatable bonds is 9. The van der Waals surface area contributed by atoms with Gasteiger partial charge in [0.1, 0.15) is 22.5 Å². The molecule has 0 amide bonds. The molecule has 49 heavy (non-hydrogen) atoms. The van der Waals surface area contributed by atoms with Gasteiger partial charge in [0, 0.05) is 54.9 Å². The largest absolute Gasteiger partial charge is 0.436 e. The maximum atomic E-state index is 13.7. The zero-order valence-corrected chi connectivity index (χ0v) is 26.1. The molecule has 252 valence electrons. The molecule has 7 nitrogen and oxygen atoms in total. The second-order valence-corrected chi connectivity index (χ2v) is 12.6. The highest BCUT2D eigenvalue weighted by Crippen LogP contribution is 2.65. The van der Waals surface area contributed by atoms with Crippen LogP contribution in [0.4, 0.5) is 26.3 Å². The van der Waals surface area contributed by atoms with Crippen molar-refractivity contribution in [2.24, 2.45) is 5.41 Å². The smallest absolute Gasteiger partial charge is 0.387 e. The zero-order valence-electron chi connectivity index (χ0n) is 26.1. The van der Waals surface area contributed by atoms with Gasteiger partial charge in [-0.05, 0) is 66.4 Å². The lowest BCUT2D eigenvalue weighted by atomic mass is 9.91. The fourth-order valence-corrected chi connectivity index (χ4v) is 6.84. The number of aromatic nitrogens is 2. The Bertz CT molecular complexity index is 2240. The van der Waals surface area contributed by atoms with E-state index in [-0.39, 0.29) is 49.0 Å². The van der Waals surface area contributed by atoms with E-state index >= 15 is 0 Å². The Balaban J connectivity index is 1.11. The van der Waals surface area contributed by atoms with Gasteiger partial charge in [0.05, 0.1) is 5.41 Å². The van der Waals surface area contributed by atoms with Crippen molar-refractivity contribution in [3.8, 4) is 45.5 Å². The highest BCUT2D eigenvalue weighted by Gasteiger charge is 2.75. The van der Waals surface area contributed by atoms with Crippen molar-refractivity contribution in [1.82, 2.24) is 14.9 Å². The van der Waals surface area contributed by atoms with Gasteiger partial charge in [-0.1, -0.05) is 24.3 Å². The zero-order chi connectivity index (χ0) is 34.2. The summed E-state index contributed by atoms with van der Waals surface area (Å²) in [5.41, 5.74) is 5.66. The average Bonchev–Trinajstić information content (AvgIpc) is 3.31. The molecule has 0 N–H and O–H groups in total. The molecule has 1 saturated heterocycles. The molecule has 1 aliphatic heterocycles. The fourth-order valence-electron chi connectivity index (χ4n) is 6.84. The molecular weight excluding hydrogens is 652 g/mol. The van der Waals surface area contributed by atoms with Gasteiger partial charge in [-0.3, -0.25) is 4.90 Å². The molecule has 0 atom stereocenters. The molecule has 3 heterocycles. The Morgan fingerprint density at radius 3 is 1.86 bits per heavy atom. The topological polar surface area (TPSA) is 73.8 Å². The predicted molar refractivity (Wildman–Crippen MR) is 168 cm³/mol. The molecule has 8 rings (SSSR count). The van der Waals surface area contributed by atoms with Crippen molar-refractivity contribution in [2.75, 3.05) is 13.1 Å². The van der Waals surface area contributed by atoms with Crippen LogP contribution in [0.15, 0.2) is 75.6 Å². The maximum absolute atomic E-state index is 13.7. The maximum Gasteiger partial charge on any atom is 0.387 e. The molecule has 0 radical (unpaired) electrons. The Labute approximate surface area is 275 Å². The van der Waals surface area contributed by atoms with Crippen LogP contribution in [0.25, 0.3) is 56.2 Å². The van der Waals surface area contributed by atoms with Crippen LogP contribution in [-0.4, -0.2) is 47.1 Å². The minimum absolute atomic E-state index is 0.0358. The number of ether oxygens (including phenoxy) is 2. The minimum atomic E-state index is -3.08. The molecule has 2 aliphatic rings.